The number of aromatic nitrogens is 1. The van der Waals surface area contributed by atoms with E-state index in [4.69, 9.17) is 4.74 Å². The minimum absolute atomic E-state index is 0.0649. The summed E-state index contributed by atoms with van der Waals surface area (Å²) in [5.74, 6) is 0.704. The van der Waals surface area contributed by atoms with Crippen molar-refractivity contribution in [3.63, 3.8) is 0 Å². The third-order valence-corrected chi connectivity index (χ3v) is 7.73. The minimum Gasteiger partial charge on any atom is -0.487 e. The lowest BCUT2D eigenvalue weighted by Gasteiger charge is -2.38. The highest BCUT2D eigenvalue weighted by molar-refractivity contribution is 7.89. The van der Waals surface area contributed by atoms with Gasteiger partial charge in [-0.2, -0.15) is 0 Å². The molecule has 0 fully saturated rings. The maximum atomic E-state index is 13.2. The van der Waals surface area contributed by atoms with E-state index in [0.29, 0.717) is 23.4 Å². The molecule has 1 aromatic heterocycles. The monoisotopic (exact) mass is 446 g/mol. The maximum absolute atomic E-state index is 13.2. The lowest BCUT2D eigenvalue weighted by Crippen LogP contribution is -2.41. The van der Waals surface area contributed by atoms with Gasteiger partial charge in [0.1, 0.15) is 11.4 Å². The van der Waals surface area contributed by atoms with Crippen LogP contribution in [-0.4, -0.2) is 18.6 Å². The minimum atomic E-state index is -3.78. The van der Waals surface area contributed by atoms with Crippen molar-refractivity contribution < 1.29 is 13.2 Å². The summed E-state index contributed by atoms with van der Waals surface area (Å²) in [6.07, 6.45) is 1.36. The predicted octanol–water partition coefficient (Wildman–Crippen LogP) is 4.36. The molecule has 30 heavy (non-hydrogen) atoms. The van der Waals surface area contributed by atoms with Crippen molar-refractivity contribution in [1.82, 2.24) is 9.29 Å². The van der Waals surface area contributed by atoms with Gasteiger partial charge in [-0.1, -0.05) is 36.0 Å². The van der Waals surface area contributed by atoms with Crippen molar-refractivity contribution in [1.29, 1.82) is 0 Å². The van der Waals surface area contributed by atoms with Gasteiger partial charge < -0.3 is 4.74 Å². The Hall–Kier alpha value is -2.16. The fraction of sp³-hybridized carbons (Fsp3) is 0.409. The van der Waals surface area contributed by atoms with Gasteiger partial charge in [-0.15, -0.1) is 0 Å². The topological polar surface area (TPSA) is 77.4 Å². The molecule has 1 N–H and O–H groups in total. The molecule has 0 aliphatic carbocycles. The average molecular weight is 447 g/mol. The lowest BCUT2D eigenvalue weighted by molar-refractivity contribution is 0.0701. The number of hydrogen-bond acceptors (Lipinski definition) is 5. The smallest absolute Gasteiger partial charge is 0.308 e. The third kappa shape index (κ3) is 3.91. The number of fused-ring (bicyclic) bond motifs is 2. The molecule has 2 aromatic carbocycles. The molecule has 1 aliphatic heterocycles. The quantitative estimate of drug-likeness (QED) is 0.632. The number of hydrogen-bond donors (Lipinski definition) is 1. The van der Waals surface area contributed by atoms with Gasteiger partial charge in [-0.05, 0) is 51.5 Å². The van der Waals surface area contributed by atoms with E-state index in [1.165, 1.54) is 0 Å². The van der Waals surface area contributed by atoms with E-state index in [9.17, 15) is 13.2 Å². The highest BCUT2D eigenvalue weighted by atomic mass is 32.2. The highest BCUT2D eigenvalue weighted by Crippen LogP contribution is 2.40. The number of rotatable bonds is 5. The van der Waals surface area contributed by atoms with Crippen LogP contribution in [0.1, 0.15) is 50.8 Å². The average Bonchev–Trinajstić information content (AvgIpc) is 2.96. The zero-order valence-electron chi connectivity index (χ0n) is 17.6. The number of aryl methyl sites for hydroxylation is 2. The first-order valence-corrected chi connectivity index (χ1v) is 12.3. The molecule has 0 amide bonds. The first-order chi connectivity index (χ1) is 14.1. The molecule has 3 aromatic rings. The highest BCUT2D eigenvalue weighted by Gasteiger charge is 2.36. The van der Waals surface area contributed by atoms with Crippen LogP contribution in [0.3, 0.4) is 0 Å². The van der Waals surface area contributed by atoms with Crippen LogP contribution in [0, 0.1) is 6.92 Å². The Labute approximate surface area is 180 Å². The van der Waals surface area contributed by atoms with Crippen molar-refractivity contribution in [2.45, 2.75) is 63.6 Å². The second-order valence-corrected chi connectivity index (χ2v) is 11.1. The van der Waals surface area contributed by atoms with Crippen molar-refractivity contribution in [3.8, 4) is 5.75 Å². The molecule has 4 rings (SSSR count). The van der Waals surface area contributed by atoms with Crippen molar-refractivity contribution in [2.75, 3.05) is 0 Å². The molecule has 6 nitrogen and oxygen atoms in total. The van der Waals surface area contributed by atoms with Crippen LogP contribution in [0.2, 0.25) is 0 Å². The van der Waals surface area contributed by atoms with Gasteiger partial charge >= 0.3 is 4.87 Å². The van der Waals surface area contributed by atoms with Gasteiger partial charge in [0, 0.05) is 18.5 Å². The molecule has 1 aliphatic rings. The molecule has 0 saturated carbocycles. The second kappa shape index (κ2) is 7.51. The molecule has 0 radical (unpaired) electrons. The fourth-order valence-corrected chi connectivity index (χ4v) is 6.26. The Bertz CT molecular complexity index is 1270. The van der Waals surface area contributed by atoms with Crippen molar-refractivity contribution in [2.24, 2.45) is 0 Å². The molecule has 8 heteroatoms. The normalized spacial score (nSPS) is 18.2. The summed E-state index contributed by atoms with van der Waals surface area (Å²) in [7, 11) is -3.78. The SMILES string of the molecule is CCCn1c(=O)sc2cc(S(=O)(=O)N[C@H]3CC(C)(C)Oc4ccc(C)cc43)ccc21. The van der Waals surface area contributed by atoms with Gasteiger partial charge in [0.15, 0.2) is 0 Å². The summed E-state index contributed by atoms with van der Waals surface area (Å²) in [6, 6.07) is 10.3. The Morgan fingerprint density at radius 1 is 1.23 bits per heavy atom. The summed E-state index contributed by atoms with van der Waals surface area (Å²) in [5, 5.41) is 0. The number of sulfonamides is 1. The van der Waals surface area contributed by atoms with Crippen LogP contribution in [0.25, 0.3) is 10.2 Å². The lowest BCUT2D eigenvalue weighted by atomic mass is 9.89. The third-order valence-electron chi connectivity index (χ3n) is 5.32. The number of nitrogens with zero attached hydrogens (tertiary/aromatic N) is 1. The number of benzene rings is 2. The standard InChI is InChI=1S/C22H26N2O4S2/c1-5-10-24-18-8-7-15(12-20(18)29-21(24)25)30(26,27)23-17-13-22(3,4)28-19-9-6-14(2)11-16(17)19/h6-9,11-12,17,23H,5,10,13H2,1-4H3/t17-/m0/s1. The summed E-state index contributed by atoms with van der Waals surface area (Å²) in [4.78, 5) is 12.3. The van der Waals surface area contributed by atoms with Gasteiger partial charge in [0.05, 0.1) is 21.2 Å². The van der Waals surface area contributed by atoms with E-state index in [2.05, 4.69) is 4.72 Å². The molecule has 0 spiro atoms. The van der Waals surface area contributed by atoms with Crippen LogP contribution < -0.4 is 14.3 Å². The van der Waals surface area contributed by atoms with E-state index in [-0.39, 0.29) is 9.77 Å². The summed E-state index contributed by atoms with van der Waals surface area (Å²) < 4.78 is 37.8. The Morgan fingerprint density at radius 2 is 2.00 bits per heavy atom. The maximum Gasteiger partial charge on any atom is 0.308 e. The molecule has 0 bridgehead atoms. The summed E-state index contributed by atoms with van der Waals surface area (Å²) in [6.45, 7) is 8.51. The van der Waals surface area contributed by atoms with Crippen LogP contribution >= 0.6 is 11.3 Å². The first kappa shape index (κ1) is 21.1. The van der Waals surface area contributed by atoms with Crippen LogP contribution in [0.15, 0.2) is 46.1 Å². The largest absolute Gasteiger partial charge is 0.487 e. The Balaban J connectivity index is 1.71. The molecule has 160 valence electrons. The van der Waals surface area contributed by atoms with E-state index in [0.717, 1.165) is 34.4 Å². The Kier molecular flexibility index (Phi) is 5.28. The number of ether oxygens (including phenoxy) is 1. The molecule has 2 heterocycles. The molecular weight excluding hydrogens is 420 g/mol. The fourth-order valence-electron chi connectivity index (χ4n) is 3.98. The number of thiazole rings is 1. The van der Waals surface area contributed by atoms with E-state index >= 15 is 0 Å². The van der Waals surface area contributed by atoms with E-state index < -0.39 is 21.7 Å². The van der Waals surface area contributed by atoms with Gasteiger partial charge in [0.25, 0.3) is 0 Å². The predicted molar refractivity (Wildman–Crippen MR) is 120 cm³/mol. The first-order valence-electron chi connectivity index (χ1n) is 10.0. The van der Waals surface area contributed by atoms with Crippen LogP contribution in [-0.2, 0) is 16.6 Å². The molecule has 0 saturated heterocycles. The van der Waals surface area contributed by atoms with E-state index in [1.807, 2.05) is 45.9 Å². The van der Waals surface area contributed by atoms with Gasteiger partial charge in [0.2, 0.25) is 10.0 Å². The second-order valence-electron chi connectivity index (χ2n) is 8.43. The molecule has 1 atom stereocenters. The Morgan fingerprint density at radius 3 is 2.73 bits per heavy atom. The van der Waals surface area contributed by atoms with Gasteiger partial charge in [-0.25, -0.2) is 13.1 Å². The van der Waals surface area contributed by atoms with Crippen molar-refractivity contribution >= 4 is 31.6 Å². The van der Waals surface area contributed by atoms with Crippen LogP contribution in [0.4, 0.5) is 0 Å². The van der Waals surface area contributed by atoms with E-state index in [1.54, 1.807) is 22.8 Å². The summed E-state index contributed by atoms with van der Waals surface area (Å²) >= 11 is 1.08. The van der Waals surface area contributed by atoms with Crippen molar-refractivity contribution in [3.05, 3.63) is 57.2 Å². The number of nitrogens with one attached hydrogen (secondary N) is 1. The zero-order chi connectivity index (χ0) is 21.7. The van der Waals surface area contributed by atoms with Gasteiger partial charge in [-0.3, -0.25) is 9.36 Å². The zero-order valence-corrected chi connectivity index (χ0v) is 19.2. The molecular formula is C22H26N2O4S2. The molecule has 0 unspecified atom stereocenters. The van der Waals surface area contributed by atoms with Crippen LogP contribution in [0.5, 0.6) is 5.75 Å². The summed E-state index contributed by atoms with van der Waals surface area (Å²) in [5.41, 5.74) is 2.18.